The van der Waals surface area contributed by atoms with Crippen molar-refractivity contribution in [1.82, 2.24) is 0 Å². The maximum Gasteiger partial charge on any atom is 0.229 e. The van der Waals surface area contributed by atoms with E-state index in [1.54, 1.807) is 4.90 Å². The molecule has 3 rings (SSSR count). The lowest BCUT2D eigenvalue weighted by molar-refractivity contribution is -0.122. The van der Waals surface area contributed by atoms with E-state index in [4.69, 9.17) is 0 Å². The predicted octanol–water partition coefficient (Wildman–Crippen LogP) is 4.31. The van der Waals surface area contributed by atoms with Gasteiger partial charge in [-0.2, -0.15) is 0 Å². The lowest BCUT2D eigenvalue weighted by atomic mass is 10.1. The van der Waals surface area contributed by atoms with Gasteiger partial charge in [-0.3, -0.25) is 9.59 Å². The summed E-state index contributed by atoms with van der Waals surface area (Å²) in [6.07, 6.45) is 1.11. The average Bonchev–Trinajstić information content (AvgIpc) is 3.00. The second-order valence-corrected chi connectivity index (χ2v) is 7.20. The fourth-order valence-electron chi connectivity index (χ4n) is 3.16. The summed E-state index contributed by atoms with van der Waals surface area (Å²) in [5.41, 5.74) is 3.86. The number of benzene rings is 2. The van der Waals surface area contributed by atoms with Crippen LogP contribution in [-0.4, -0.2) is 18.4 Å². The summed E-state index contributed by atoms with van der Waals surface area (Å²) >= 11 is 3.45. The number of carbonyl (C=O) groups excluding carboxylic acids is 2. The normalized spacial score (nSPS) is 17.0. The standard InChI is InChI=1S/C20H21BrN2O2/c1-3-14-6-4-5-7-18(14)23-12-15(11-19(23)24)20(25)22-16-8-9-17(21)13(2)10-16/h4-10,15H,3,11-12H2,1-2H3,(H,22,25)/t15-/m1/s1. The van der Waals surface area contributed by atoms with Crippen molar-refractivity contribution in [1.29, 1.82) is 0 Å². The van der Waals surface area contributed by atoms with Crippen molar-refractivity contribution in [3.05, 3.63) is 58.1 Å². The molecule has 1 N–H and O–H groups in total. The maximum atomic E-state index is 12.6. The number of rotatable bonds is 4. The number of anilines is 2. The van der Waals surface area contributed by atoms with E-state index in [1.807, 2.05) is 49.4 Å². The molecular weight excluding hydrogens is 380 g/mol. The first-order valence-electron chi connectivity index (χ1n) is 8.45. The monoisotopic (exact) mass is 400 g/mol. The van der Waals surface area contributed by atoms with Gasteiger partial charge in [0.2, 0.25) is 11.8 Å². The van der Waals surface area contributed by atoms with Crippen molar-refractivity contribution >= 4 is 39.1 Å². The van der Waals surface area contributed by atoms with Crippen molar-refractivity contribution in [3.63, 3.8) is 0 Å². The molecule has 0 aliphatic carbocycles. The molecule has 1 heterocycles. The Kier molecular flexibility index (Phi) is 5.23. The summed E-state index contributed by atoms with van der Waals surface area (Å²) in [5, 5.41) is 2.93. The molecule has 130 valence electrons. The van der Waals surface area contributed by atoms with Crippen LogP contribution >= 0.6 is 15.9 Å². The Balaban J connectivity index is 1.73. The second kappa shape index (κ2) is 7.40. The number of hydrogen-bond acceptors (Lipinski definition) is 2. The van der Waals surface area contributed by atoms with Gasteiger partial charge in [0.15, 0.2) is 0 Å². The number of amides is 2. The Bertz CT molecular complexity index is 819. The average molecular weight is 401 g/mol. The molecule has 2 aromatic carbocycles. The third kappa shape index (κ3) is 3.76. The van der Waals surface area contributed by atoms with Crippen LogP contribution in [0.3, 0.4) is 0 Å². The molecule has 0 aromatic heterocycles. The Hall–Kier alpha value is -2.14. The van der Waals surface area contributed by atoms with Gasteiger partial charge >= 0.3 is 0 Å². The zero-order valence-corrected chi connectivity index (χ0v) is 16.0. The largest absolute Gasteiger partial charge is 0.326 e. The number of nitrogens with zero attached hydrogens (tertiary/aromatic N) is 1. The molecule has 1 fully saturated rings. The van der Waals surface area contributed by atoms with Gasteiger partial charge in [0.1, 0.15) is 0 Å². The minimum absolute atomic E-state index is 0.00744. The fourth-order valence-corrected chi connectivity index (χ4v) is 3.40. The Labute approximate surface area is 156 Å². The Morgan fingerprint density at radius 3 is 2.76 bits per heavy atom. The third-order valence-electron chi connectivity index (χ3n) is 4.58. The molecular formula is C20H21BrN2O2. The number of para-hydroxylation sites is 1. The SMILES string of the molecule is CCc1ccccc1N1C[C@H](C(=O)Nc2ccc(Br)c(C)c2)CC1=O. The zero-order valence-electron chi connectivity index (χ0n) is 14.4. The molecule has 2 aromatic rings. The fraction of sp³-hybridized carbons (Fsp3) is 0.300. The van der Waals surface area contributed by atoms with Crippen molar-refractivity contribution in [2.24, 2.45) is 5.92 Å². The van der Waals surface area contributed by atoms with Gasteiger partial charge in [0.25, 0.3) is 0 Å². The van der Waals surface area contributed by atoms with Crippen molar-refractivity contribution in [2.75, 3.05) is 16.8 Å². The first kappa shape index (κ1) is 17.7. The van der Waals surface area contributed by atoms with Crippen molar-refractivity contribution in [3.8, 4) is 0 Å². The number of nitrogens with one attached hydrogen (secondary N) is 1. The molecule has 2 amide bonds. The number of carbonyl (C=O) groups is 2. The lowest BCUT2D eigenvalue weighted by Gasteiger charge is -2.20. The maximum absolute atomic E-state index is 12.6. The Morgan fingerprint density at radius 2 is 2.04 bits per heavy atom. The molecule has 1 atom stereocenters. The topological polar surface area (TPSA) is 49.4 Å². The highest BCUT2D eigenvalue weighted by atomic mass is 79.9. The molecule has 25 heavy (non-hydrogen) atoms. The van der Waals surface area contributed by atoms with E-state index >= 15 is 0 Å². The van der Waals surface area contributed by atoms with Gasteiger partial charge in [0, 0.05) is 28.8 Å². The molecule has 5 heteroatoms. The van der Waals surface area contributed by atoms with Gasteiger partial charge in [-0.15, -0.1) is 0 Å². The van der Waals surface area contributed by atoms with Crippen LogP contribution in [0.5, 0.6) is 0 Å². The minimum Gasteiger partial charge on any atom is -0.326 e. The van der Waals surface area contributed by atoms with Gasteiger partial charge in [-0.05, 0) is 48.7 Å². The molecule has 4 nitrogen and oxygen atoms in total. The van der Waals surface area contributed by atoms with Crippen LogP contribution < -0.4 is 10.2 Å². The van der Waals surface area contributed by atoms with Crippen LogP contribution in [0, 0.1) is 12.8 Å². The molecule has 1 aliphatic heterocycles. The lowest BCUT2D eigenvalue weighted by Crippen LogP contribution is -2.28. The van der Waals surface area contributed by atoms with Gasteiger partial charge in [-0.25, -0.2) is 0 Å². The summed E-state index contributed by atoms with van der Waals surface area (Å²) in [4.78, 5) is 26.8. The highest BCUT2D eigenvalue weighted by Gasteiger charge is 2.35. The van der Waals surface area contributed by atoms with Gasteiger partial charge < -0.3 is 10.2 Å². The molecule has 1 aliphatic rings. The third-order valence-corrected chi connectivity index (χ3v) is 5.47. The van der Waals surface area contributed by atoms with E-state index in [-0.39, 0.29) is 24.2 Å². The van der Waals surface area contributed by atoms with E-state index in [1.165, 1.54) is 0 Å². The molecule has 0 unspecified atom stereocenters. The summed E-state index contributed by atoms with van der Waals surface area (Å²) in [7, 11) is 0. The molecule has 1 saturated heterocycles. The highest BCUT2D eigenvalue weighted by Crippen LogP contribution is 2.29. The van der Waals surface area contributed by atoms with Crippen LogP contribution in [0.15, 0.2) is 46.9 Å². The molecule has 0 spiro atoms. The molecule has 0 bridgehead atoms. The first-order chi connectivity index (χ1) is 12.0. The van der Waals surface area contributed by atoms with Gasteiger partial charge in [-0.1, -0.05) is 41.1 Å². The highest BCUT2D eigenvalue weighted by molar-refractivity contribution is 9.10. The van der Waals surface area contributed by atoms with Crippen molar-refractivity contribution < 1.29 is 9.59 Å². The summed E-state index contributed by atoms with van der Waals surface area (Å²) < 4.78 is 1.00. The number of halogens is 1. The van der Waals surface area contributed by atoms with Crippen LogP contribution in [0.4, 0.5) is 11.4 Å². The number of aryl methyl sites for hydroxylation is 2. The van der Waals surface area contributed by atoms with E-state index in [2.05, 4.69) is 28.2 Å². The van der Waals surface area contributed by atoms with Gasteiger partial charge in [0.05, 0.1) is 5.92 Å². The van der Waals surface area contributed by atoms with Crippen LogP contribution in [0.1, 0.15) is 24.5 Å². The number of hydrogen-bond donors (Lipinski definition) is 1. The van der Waals surface area contributed by atoms with Crippen LogP contribution in [0.25, 0.3) is 0 Å². The molecule has 0 radical (unpaired) electrons. The minimum atomic E-state index is -0.332. The summed E-state index contributed by atoms with van der Waals surface area (Å²) in [6.45, 7) is 4.47. The van der Waals surface area contributed by atoms with Crippen molar-refractivity contribution in [2.45, 2.75) is 26.7 Å². The van der Waals surface area contributed by atoms with E-state index in [0.717, 1.165) is 33.4 Å². The van der Waals surface area contributed by atoms with E-state index < -0.39 is 0 Å². The first-order valence-corrected chi connectivity index (χ1v) is 9.24. The zero-order chi connectivity index (χ0) is 18.0. The van der Waals surface area contributed by atoms with E-state index in [0.29, 0.717) is 6.54 Å². The van der Waals surface area contributed by atoms with Crippen LogP contribution in [-0.2, 0) is 16.0 Å². The predicted molar refractivity (Wildman–Crippen MR) is 104 cm³/mol. The quantitative estimate of drug-likeness (QED) is 0.830. The van der Waals surface area contributed by atoms with Crippen LogP contribution in [0.2, 0.25) is 0 Å². The Morgan fingerprint density at radius 1 is 1.28 bits per heavy atom. The second-order valence-electron chi connectivity index (χ2n) is 6.34. The summed E-state index contributed by atoms with van der Waals surface area (Å²) in [6, 6.07) is 13.6. The van der Waals surface area contributed by atoms with E-state index in [9.17, 15) is 9.59 Å². The smallest absolute Gasteiger partial charge is 0.229 e. The molecule has 0 saturated carbocycles. The summed E-state index contributed by atoms with van der Waals surface area (Å²) in [5.74, 6) is -0.430.